The highest BCUT2D eigenvalue weighted by molar-refractivity contribution is 5.83. The number of pyridine rings is 2. The number of unbranched alkanes of at least 4 members (excludes halogenated alkanes) is 1. The highest BCUT2D eigenvalue weighted by Crippen LogP contribution is 2.28. The molecule has 0 saturated carbocycles. The molecule has 0 bridgehead atoms. The standard InChI is InChI=1S/C26H34N4O2/c1-19(31)25(22-7-4-14-27-18-22)30-16-12-20(13-17-30)24(32)9-3-2-8-23-11-10-21-6-5-15-28-26(21)29-23/h4,7,10-11,14,18,20,25H,2-3,5-6,8-9,12-13,15-17H2,1H3,(H,28,29). The summed E-state index contributed by atoms with van der Waals surface area (Å²) < 4.78 is 0. The number of anilines is 1. The first-order valence-electron chi connectivity index (χ1n) is 12.0. The van der Waals surface area contributed by atoms with Gasteiger partial charge >= 0.3 is 0 Å². The number of rotatable bonds is 9. The van der Waals surface area contributed by atoms with E-state index in [9.17, 15) is 9.59 Å². The topological polar surface area (TPSA) is 75.2 Å². The predicted molar refractivity (Wildman–Crippen MR) is 126 cm³/mol. The Hall–Kier alpha value is -2.60. The third-order valence-electron chi connectivity index (χ3n) is 6.79. The van der Waals surface area contributed by atoms with E-state index in [4.69, 9.17) is 4.98 Å². The molecule has 0 radical (unpaired) electrons. The normalized spacial score (nSPS) is 17.9. The van der Waals surface area contributed by atoms with Crippen LogP contribution >= 0.6 is 0 Å². The van der Waals surface area contributed by atoms with Gasteiger partial charge in [-0.1, -0.05) is 12.1 Å². The predicted octanol–water partition coefficient (Wildman–Crippen LogP) is 4.16. The highest BCUT2D eigenvalue weighted by Gasteiger charge is 2.31. The summed E-state index contributed by atoms with van der Waals surface area (Å²) >= 11 is 0. The van der Waals surface area contributed by atoms with Crippen molar-refractivity contribution in [1.29, 1.82) is 0 Å². The fourth-order valence-corrected chi connectivity index (χ4v) is 5.04. The third kappa shape index (κ3) is 5.60. The maximum Gasteiger partial charge on any atom is 0.151 e. The molecule has 1 N–H and O–H groups in total. The Balaban J connectivity index is 1.20. The second kappa shape index (κ2) is 10.8. The van der Waals surface area contributed by atoms with Crippen molar-refractivity contribution >= 4 is 17.4 Å². The molecule has 6 heteroatoms. The summed E-state index contributed by atoms with van der Waals surface area (Å²) in [5.41, 5.74) is 3.37. The van der Waals surface area contributed by atoms with E-state index >= 15 is 0 Å². The fraction of sp³-hybridized carbons (Fsp3) is 0.538. The molecule has 170 valence electrons. The van der Waals surface area contributed by atoms with Crippen LogP contribution in [0.2, 0.25) is 0 Å². The molecule has 0 aliphatic carbocycles. The number of aromatic nitrogens is 2. The molecule has 1 unspecified atom stereocenters. The molecule has 6 nitrogen and oxygen atoms in total. The van der Waals surface area contributed by atoms with E-state index in [1.807, 2.05) is 12.1 Å². The van der Waals surface area contributed by atoms with Gasteiger partial charge in [0.15, 0.2) is 5.78 Å². The van der Waals surface area contributed by atoms with E-state index < -0.39 is 0 Å². The first kappa shape index (κ1) is 22.6. The molecule has 4 rings (SSSR count). The molecule has 1 saturated heterocycles. The van der Waals surface area contributed by atoms with Crippen molar-refractivity contribution in [1.82, 2.24) is 14.9 Å². The van der Waals surface area contributed by atoms with Crippen LogP contribution in [0.1, 0.15) is 68.3 Å². The lowest BCUT2D eigenvalue weighted by Gasteiger charge is -2.36. The molecular formula is C26H34N4O2. The van der Waals surface area contributed by atoms with Gasteiger partial charge in [0.1, 0.15) is 11.6 Å². The minimum Gasteiger partial charge on any atom is -0.370 e. The van der Waals surface area contributed by atoms with Crippen LogP contribution in [0.4, 0.5) is 5.82 Å². The van der Waals surface area contributed by atoms with Crippen LogP contribution in [0.25, 0.3) is 0 Å². The summed E-state index contributed by atoms with van der Waals surface area (Å²) in [6, 6.07) is 7.92. The number of fused-ring (bicyclic) bond motifs is 1. The summed E-state index contributed by atoms with van der Waals surface area (Å²) in [4.78, 5) is 36.2. The number of carbonyl (C=O) groups excluding carboxylic acids is 2. The number of nitrogens with zero attached hydrogens (tertiary/aromatic N) is 3. The van der Waals surface area contributed by atoms with Gasteiger partial charge in [-0.2, -0.15) is 0 Å². The molecule has 2 aromatic rings. The summed E-state index contributed by atoms with van der Waals surface area (Å²) in [7, 11) is 0. The molecule has 2 aliphatic heterocycles. The molecule has 1 fully saturated rings. The van der Waals surface area contributed by atoms with Crippen LogP contribution in [0, 0.1) is 5.92 Å². The molecule has 2 aliphatic rings. The van der Waals surface area contributed by atoms with Crippen LogP contribution in [0.5, 0.6) is 0 Å². The minimum atomic E-state index is -0.252. The Bertz CT molecular complexity index is 923. The van der Waals surface area contributed by atoms with Crippen LogP contribution < -0.4 is 5.32 Å². The summed E-state index contributed by atoms with van der Waals surface area (Å²) in [5, 5.41) is 3.39. The van der Waals surface area contributed by atoms with Gasteiger partial charge in [-0.3, -0.25) is 19.5 Å². The van der Waals surface area contributed by atoms with Gasteiger partial charge in [0.2, 0.25) is 0 Å². The summed E-state index contributed by atoms with van der Waals surface area (Å²) in [5.74, 6) is 1.68. The lowest BCUT2D eigenvalue weighted by molar-refractivity contribution is -0.126. The van der Waals surface area contributed by atoms with Gasteiger partial charge in [-0.15, -0.1) is 0 Å². The van der Waals surface area contributed by atoms with E-state index in [0.717, 1.165) is 75.2 Å². The lowest BCUT2D eigenvalue weighted by atomic mass is 9.88. The Morgan fingerprint density at radius 2 is 2.03 bits per heavy atom. The number of hydrogen-bond donors (Lipinski definition) is 1. The monoisotopic (exact) mass is 434 g/mol. The van der Waals surface area contributed by atoms with E-state index in [-0.39, 0.29) is 17.7 Å². The van der Waals surface area contributed by atoms with Gasteiger partial charge in [-0.25, -0.2) is 4.98 Å². The maximum absolute atomic E-state index is 12.8. The molecule has 0 aromatic carbocycles. The van der Waals surface area contributed by atoms with Crippen molar-refractivity contribution < 1.29 is 9.59 Å². The van der Waals surface area contributed by atoms with E-state index in [1.54, 1.807) is 19.3 Å². The Kier molecular flexibility index (Phi) is 7.63. The van der Waals surface area contributed by atoms with Crippen molar-refractivity contribution in [3.05, 3.63) is 53.5 Å². The largest absolute Gasteiger partial charge is 0.370 e. The number of nitrogens with one attached hydrogen (secondary N) is 1. The molecule has 1 atom stereocenters. The summed E-state index contributed by atoms with van der Waals surface area (Å²) in [6.45, 7) is 4.21. The third-order valence-corrected chi connectivity index (χ3v) is 6.79. The first-order chi connectivity index (χ1) is 15.6. The second-order valence-corrected chi connectivity index (χ2v) is 9.12. The smallest absolute Gasteiger partial charge is 0.151 e. The molecule has 0 spiro atoms. The van der Waals surface area contributed by atoms with Crippen LogP contribution in [0.3, 0.4) is 0 Å². The Morgan fingerprint density at radius 1 is 1.19 bits per heavy atom. The Labute approximate surface area is 190 Å². The average molecular weight is 435 g/mol. The van der Waals surface area contributed by atoms with Crippen LogP contribution in [0.15, 0.2) is 36.7 Å². The fourth-order valence-electron chi connectivity index (χ4n) is 5.04. The average Bonchev–Trinajstić information content (AvgIpc) is 2.82. The maximum atomic E-state index is 12.8. The van der Waals surface area contributed by atoms with Crippen molar-refractivity contribution in [3.8, 4) is 0 Å². The zero-order chi connectivity index (χ0) is 22.3. The van der Waals surface area contributed by atoms with Crippen molar-refractivity contribution in [3.63, 3.8) is 0 Å². The van der Waals surface area contributed by atoms with Crippen LogP contribution in [-0.4, -0.2) is 46.1 Å². The van der Waals surface area contributed by atoms with Crippen molar-refractivity contribution in [2.45, 2.75) is 64.3 Å². The number of piperidine rings is 1. The van der Waals surface area contributed by atoms with Crippen molar-refractivity contribution in [2.24, 2.45) is 5.92 Å². The minimum absolute atomic E-state index is 0.124. The Morgan fingerprint density at radius 3 is 2.78 bits per heavy atom. The van der Waals surface area contributed by atoms with E-state index in [2.05, 4.69) is 27.3 Å². The molecule has 0 amide bonds. The van der Waals surface area contributed by atoms with Gasteiger partial charge in [0, 0.05) is 37.0 Å². The van der Waals surface area contributed by atoms with Gasteiger partial charge in [-0.05, 0) is 88.2 Å². The number of ketones is 2. The van der Waals surface area contributed by atoms with E-state index in [0.29, 0.717) is 12.2 Å². The molecule has 2 aromatic heterocycles. The molecular weight excluding hydrogens is 400 g/mol. The number of hydrogen-bond acceptors (Lipinski definition) is 6. The SMILES string of the molecule is CC(=O)C(c1cccnc1)N1CCC(C(=O)CCCCc2ccc3c(n2)NCCC3)CC1. The number of Topliss-reactive ketones (excluding diaryl/α,β-unsaturated/α-hetero) is 2. The molecule has 32 heavy (non-hydrogen) atoms. The van der Waals surface area contributed by atoms with Gasteiger partial charge < -0.3 is 5.32 Å². The van der Waals surface area contributed by atoms with Gasteiger partial charge in [0.25, 0.3) is 0 Å². The second-order valence-electron chi connectivity index (χ2n) is 9.12. The molecule has 4 heterocycles. The van der Waals surface area contributed by atoms with Crippen LogP contribution in [-0.2, 0) is 22.4 Å². The summed E-state index contributed by atoms with van der Waals surface area (Å²) in [6.07, 6.45) is 10.9. The van der Waals surface area contributed by atoms with Crippen molar-refractivity contribution in [2.75, 3.05) is 25.0 Å². The van der Waals surface area contributed by atoms with E-state index in [1.165, 1.54) is 12.0 Å². The number of likely N-dealkylation sites (tertiary alicyclic amines) is 1. The number of carbonyl (C=O) groups is 2. The highest BCUT2D eigenvalue weighted by atomic mass is 16.1. The first-order valence-corrected chi connectivity index (χ1v) is 12.0. The number of aryl methyl sites for hydroxylation is 2. The lowest BCUT2D eigenvalue weighted by Crippen LogP contribution is -2.41. The van der Waals surface area contributed by atoms with Gasteiger partial charge in [0.05, 0.1) is 6.04 Å². The zero-order valence-electron chi connectivity index (χ0n) is 19.1. The zero-order valence-corrected chi connectivity index (χ0v) is 19.1. The quantitative estimate of drug-likeness (QED) is 0.598.